The predicted octanol–water partition coefficient (Wildman–Crippen LogP) is 1.66. The van der Waals surface area contributed by atoms with E-state index < -0.39 is 29.5 Å². The number of hydrogen-bond donors (Lipinski definition) is 6. The summed E-state index contributed by atoms with van der Waals surface area (Å²) in [4.78, 5) is 35.8. The molecule has 9 nitrogen and oxygen atoms in total. The van der Waals surface area contributed by atoms with Crippen molar-refractivity contribution in [1.29, 1.82) is 0 Å². The monoisotopic (exact) mass is 521 g/mol. The summed E-state index contributed by atoms with van der Waals surface area (Å²) in [5.74, 6) is 2.85. The van der Waals surface area contributed by atoms with Gasteiger partial charge in [-0.15, -0.1) is 0 Å². The van der Waals surface area contributed by atoms with Crippen molar-refractivity contribution in [1.82, 2.24) is 16.1 Å². The molecule has 0 unspecified atom stereocenters. The van der Waals surface area contributed by atoms with Crippen molar-refractivity contribution in [3.05, 3.63) is 101 Å². The van der Waals surface area contributed by atoms with Crippen LogP contribution < -0.4 is 27.2 Å². The van der Waals surface area contributed by atoms with Gasteiger partial charge in [-0.25, -0.2) is 14.3 Å². The molecule has 3 aromatic carbocycles. The van der Waals surface area contributed by atoms with Crippen LogP contribution in [0.3, 0.4) is 0 Å². The zero-order chi connectivity index (χ0) is 27.5. The topological polar surface area (TPSA) is 146 Å². The number of anilines is 1. The summed E-state index contributed by atoms with van der Waals surface area (Å²) in [7, 11) is 0. The van der Waals surface area contributed by atoms with Crippen LogP contribution >= 0.6 is 0 Å². The maximum atomic E-state index is 13.6. The number of carbonyl (C=O) groups excluding carboxylic acids is 3. The van der Waals surface area contributed by atoms with Crippen LogP contribution in [0, 0.1) is 23.5 Å². The van der Waals surface area contributed by atoms with Crippen molar-refractivity contribution in [2.45, 2.75) is 12.6 Å². The Morgan fingerprint density at radius 3 is 2.03 bits per heavy atom. The molecule has 0 saturated heterocycles. The molecule has 3 amide bonds. The molecule has 3 aromatic rings. The normalized spacial score (nSPS) is 11.1. The highest BCUT2D eigenvalue weighted by atomic mass is 19.1. The molecule has 0 bridgehead atoms. The molecule has 0 radical (unpaired) electrons. The van der Waals surface area contributed by atoms with E-state index in [1.165, 1.54) is 23.7 Å². The minimum absolute atomic E-state index is 0.124. The molecule has 196 valence electrons. The van der Waals surface area contributed by atoms with Crippen molar-refractivity contribution in [2.24, 2.45) is 5.73 Å². The maximum Gasteiger partial charge on any atom is 0.267 e. The number of benzene rings is 3. The minimum Gasteiger partial charge on any atom is -0.339 e. The van der Waals surface area contributed by atoms with Gasteiger partial charge < -0.3 is 21.7 Å². The van der Waals surface area contributed by atoms with Gasteiger partial charge in [0.25, 0.3) is 11.8 Å². The van der Waals surface area contributed by atoms with E-state index in [0.717, 1.165) is 12.1 Å². The Balaban J connectivity index is 1.50. The van der Waals surface area contributed by atoms with Gasteiger partial charge in [0, 0.05) is 41.0 Å². The second kappa shape index (κ2) is 13.6. The summed E-state index contributed by atoms with van der Waals surface area (Å²) in [6.45, 7) is -0.441. The van der Waals surface area contributed by atoms with Gasteiger partial charge in [-0.1, -0.05) is 17.9 Å². The fraction of sp³-hybridized carbons (Fsp3) is 0.148. The van der Waals surface area contributed by atoms with E-state index in [4.69, 9.17) is 10.9 Å². The highest BCUT2D eigenvalue weighted by Crippen LogP contribution is 2.12. The zero-order valence-electron chi connectivity index (χ0n) is 20.1. The highest BCUT2D eigenvalue weighted by molar-refractivity contribution is 5.97. The van der Waals surface area contributed by atoms with E-state index in [0.29, 0.717) is 16.8 Å². The number of carbonyl (C=O) groups is 3. The summed E-state index contributed by atoms with van der Waals surface area (Å²) >= 11 is 0. The van der Waals surface area contributed by atoms with Gasteiger partial charge >= 0.3 is 0 Å². The Bertz CT molecular complexity index is 1330. The van der Waals surface area contributed by atoms with E-state index >= 15 is 0 Å². The van der Waals surface area contributed by atoms with E-state index in [9.17, 15) is 23.2 Å². The van der Waals surface area contributed by atoms with Crippen LogP contribution in [0.2, 0.25) is 0 Å². The van der Waals surface area contributed by atoms with Crippen LogP contribution in [-0.4, -0.2) is 42.1 Å². The molecule has 0 heterocycles. The number of halogens is 2. The molecule has 0 aliphatic carbocycles. The Hall–Kier alpha value is -4.63. The Morgan fingerprint density at radius 1 is 0.895 bits per heavy atom. The molecule has 0 aliphatic heterocycles. The third-order valence-electron chi connectivity index (χ3n) is 5.28. The first-order valence-corrected chi connectivity index (χ1v) is 11.4. The first-order valence-electron chi connectivity index (χ1n) is 11.4. The number of nitrogens with two attached hydrogens (primary N) is 1. The molecule has 38 heavy (non-hydrogen) atoms. The second-order valence-corrected chi connectivity index (χ2v) is 7.99. The van der Waals surface area contributed by atoms with Gasteiger partial charge in [0.15, 0.2) is 0 Å². The number of rotatable bonds is 9. The van der Waals surface area contributed by atoms with Gasteiger partial charge in [0.05, 0.1) is 6.54 Å². The molecule has 0 aliphatic rings. The molecular weight excluding hydrogens is 496 g/mol. The fourth-order valence-electron chi connectivity index (χ4n) is 3.24. The lowest BCUT2D eigenvalue weighted by Gasteiger charge is -2.14. The first kappa shape index (κ1) is 27.9. The Kier molecular flexibility index (Phi) is 10.0. The van der Waals surface area contributed by atoms with E-state index in [-0.39, 0.29) is 36.7 Å². The lowest BCUT2D eigenvalue weighted by Crippen LogP contribution is -2.50. The van der Waals surface area contributed by atoms with E-state index in [2.05, 4.69) is 27.8 Å². The van der Waals surface area contributed by atoms with Crippen LogP contribution in [0.1, 0.15) is 27.0 Å². The molecular formula is C27H25F2N5O4. The Morgan fingerprint density at radius 2 is 1.47 bits per heavy atom. The van der Waals surface area contributed by atoms with Gasteiger partial charge in [0.1, 0.15) is 17.7 Å². The number of nitrogens with one attached hydrogen (secondary N) is 4. The van der Waals surface area contributed by atoms with Crippen LogP contribution in [0.4, 0.5) is 14.5 Å². The fourth-order valence-corrected chi connectivity index (χ4v) is 3.24. The summed E-state index contributed by atoms with van der Waals surface area (Å²) in [5, 5.41) is 16.5. The van der Waals surface area contributed by atoms with Crippen LogP contribution in [-0.2, 0) is 16.1 Å². The van der Waals surface area contributed by atoms with Crippen molar-refractivity contribution >= 4 is 23.4 Å². The zero-order valence-corrected chi connectivity index (χ0v) is 20.1. The highest BCUT2D eigenvalue weighted by Gasteiger charge is 2.19. The van der Waals surface area contributed by atoms with Crippen LogP contribution in [0.5, 0.6) is 0 Å². The Labute approximate surface area is 217 Å². The first-order chi connectivity index (χ1) is 18.3. The summed E-state index contributed by atoms with van der Waals surface area (Å²) < 4.78 is 27.3. The molecule has 0 spiro atoms. The van der Waals surface area contributed by atoms with Gasteiger partial charge in [-0.2, -0.15) is 0 Å². The van der Waals surface area contributed by atoms with Gasteiger partial charge in [-0.3, -0.25) is 19.6 Å². The third-order valence-corrected chi connectivity index (χ3v) is 5.28. The summed E-state index contributed by atoms with van der Waals surface area (Å²) in [5.41, 5.74) is 8.87. The predicted molar refractivity (Wildman–Crippen MR) is 136 cm³/mol. The largest absolute Gasteiger partial charge is 0.339 e. The van der Waals surface area contributed by atoms with E-state index in [1.807, 2.05) is 0 Å². The third kappa shape index (κ3) is 7.94. The smallest absolute Gasteiger partial charge is 0.267 e. The summed E-state index contributed by atoms with van der Waals surface area (Å²) in [6.07, 6.45) is 0. The number of hydrogen-bond acceptors (Lipinski definition) is 6. The quantitative estimate of drug-likeness (QED) is 0.144. The molecule has 0 saturated carbocycles. The average molecular weight is 522 g/mol. The minimum atomic E-state index is -1.07. The van der Waals surface area contributed by atoms with Crippen molar-refractivity contribution < 1.29 is 28.4 Å². The number of hydroxylamine groups is 1. The van der Waals surface area contributed by atoms with E-state index in [1.54, 1.807) is 36.4 Å². The van der Waals surface area contributed by atoms with Gasteiger partial charge in [0.2, 0.25) is 5.91 Å². The molecule has 7 N–H and O–H groups in total. The molecule has 0 fully saturated rings. The maximum absolute atomic E-state index is 13.6. The van der Waals surface area contributed by atoms with Crippen LogP contribution in [0.25, 0.3) is 0 Å². The van der Waals surface area contributed by atoms with Crippen molar-refractivity contribution in [3.8, 4) is 11.8 Å². The molecule has 11 heteroatoms. The van der Waals surface area contributed by atoms with Crippen LogP contribution in [0.15, 0.2) is 66.7 Å². The van der Waals surface area contributed by atoms with Crippen molar-refractivity contribution in [3.63, 3.8) is 0 Å². The summed E-state index contributed by atoms with van der Waals surface area (Å²) in [6, 6.07) is 15.6. The standard InChI is InChI=1S/C27H25F2N5O4/c28-22-2-1-3-23(29)21(22)15-31-16-25(35)32-20-12-8-18(9-13-20)5-4-17-6-10-19(11-7-17)26(36)33-24(14-30)27(37)34-38/h1-3,6-13,24,31,38H,14-16,30H2,(H,32,35)(H,33,36)(H,34,37)/t24-/m0/s1. The van der Waals surface area contributed by atoms with Gasteiger partial charge in [-0.05, 0) is 60.7 Å². The van der Waals surface area contributed by atoms with Crippen molar-refractivity contribution in [2.75, 3.05) is 18.4 Å². The molecule has 0 aromatic heterocycles. The lowest BCUT2D eigenvalue weighted by atomic mass is 10.1. The second-order valence-electron chi connectivity index (χ2n) is 7.99. The average Bonchev–Trinajstić information content (AvgIpc) is 2.92. The number of amides is 3. The molecule has 1 atom stereocenters. The SMILES string of the molecule is NC[C@H](NC(=O)c1ccc(C#Cc2ccc(NC(=O)CNCc3c(F)cccc3F)cc2)cc1)C(=O)NO. The molecule has 3 rings (SSSR count). The lowest BCUT2D eigenvalue weighted by molar-refractivity contribution is -0.130.